The Morgan fingerprint density at radius 2 is 1.18 bits per heavy atom. The monoisotopic (exact) mass is 286 g/mol. The van der Waals surface area contributed by atoms with Gasteiger partial charge >= 0.3 is 7.12 Å². The molecule has 0 bridgehead atoms. The zero-order valence-electron chi connectivity index (χ0n) is 12.1. The summed E-state index contributed by atoms with van der Waals surface area (Å²) in [4.78, 5) is 0. The zero-order valence-corrected chi connectivity index (χ0v) is 12.1. The van der Waals surface area contributed by atoms with Crippen LogP contribution in [-0.4, -0.2) is 7.12 Å². The third-order valence-electron chi connectivity index (χ3n) is 4.75. The van der Waals surface area contributed by atoms with Gasteiger partial charge in [-0.2, -0.15) is 0 Å². The molecule has 1 fully saturated rings. The van der Waals surface area contributed by atoms with Crippen molar-refractivity contribution in [3.05, 3.63) is 84.0 Å². The van der Waals surface area contributed by atoms with Gasteiger partial charge in [-0.25, -0.2) is 0 Å². The third-order valence-corrected chi connectivity index (χ3v) is 4.75. The first-order valence-electron chi connectivity index (χ1n) is 7.76. The van der Waals surface area contributed by atoms with Crippen molar-refractivity contribution < 1.29 is 9.31 Å². The Balaban J connectivity index is 1.63. The van der Waals surface area contributed by atoms with Gasteiger partial charge in [-0.3, -0.25) is 0 Å². The molecule has 0 N–H and O–H groups in total. The van der Waals surface area contributed by atoms with Gasteiger partial charge in [-0.1, -0.05) is 72.8 Å². The predicted octanol–water partition coefficient (Wildman–Crippen LogP) is 4.48. The van der Waals surface area contributed by atoms with E-state index >= 15 is 0 Å². The summed E-state index contributed by atoms with van der Waals surface area (Å²) in [5, 5.41) is 0. The largest absolute Gasteiger partial charge is 0.469 e. The van der Waals surface area contributed by atoms with Gasteiger partial charge in [0.05, 0.1) is 12.2 Å². The fourth-order valence-electron chi connectivity index (χ4n) is 3.73. The molecule has 22 heavy (non-hydrogen) atoms. The van der Waals surface area contributed by atoms with E-state index in [0.717, 1.165) is 0 Å². The summed E-state index contributed by atoms with van der Waals surface area (Å²) < 4.78 is 12.6. The lowest BCUT2D eigenvalue weighted by molar-refractivity contribution is 0.157. The molecule has 2 aromatic carbocycles. The minimum Gasteiger partial charge on any atom is -0.400 e. The van der Waals surface area contributed by atoms with Gasteiger partial charge in [0.25, 0.3) is 0 Å². The molecule has 0 saturated carbocycles. The summed E-state index contributed by atoms with van der Waals surface area (Å²) in [6.07, 6.45) is 8.36. The van der Waals surface area contributed by atoms with E-state index < -0.39 is 0 Å². The van der Waals surface area contributed by atoms with Crippen molar-refractivity contribution in [1.82, 2.24) is 0 Å². The molecule has 1 aliphatic heterocycles. The number of hydrogen-bond acceptors (Lipinski definition) is 2. The van der Waals surface area contributed by atoms with Crippen molar-refractivity contribution in [2.24, 2.45) is 0 Å². The normalized spacial score (nSPS) is 25.2. The fraction of sp³-hybridized carbons (Fsp3) is 0.158. The van der Waals surface area contributed by atoms with Crippen LogP contribution in [0.25, 0.3) is 11.1 Å². The van der Waals surface area contributed by atoms with Crippen LogP contribution < -0.4 is 0 Å². The van der Waals surface area contributed by atoms with Gasteiger partial charge in [0, 0.05) is 5.82 Å². The Morgan fingerprint density at radius 1 is 0.682 bits per heavy atom. The molecule has 0 unspecified atom stereocenters. The van der Waals surface area contributed by atoms with E-state index in [0.29, 0.717) is 0 Å². The van der Waals surface area contributed by atoms with Crippen LogP contribution in [0.5, 0.6) is 0 Å². The number of allylic oxidation sites excluding steroid dienone is 4. The number of benzene rings is 2. The van der Waals surface area contributed by atoms with Gasteiger partial charge in [-0.05, 0) is 22.3 Å². The van der Waals surface area contributed by atoms with Gasteiger partial charge in [0.15, 0.2) is 0 Å². The smallest absolute Gasteiger partial charge is 0.400 e. The first-order valence-corrected chi connectivity index (χ1v) is 7.76. The van der Waals surface area contributed by atoms with Crippen LogP contribution in [0.4, 0.5) is 0 Å². The highest BCUT2D eigenvalue weighted by Crippen LogP contribution is 2.52. The lowest BCUT2D eigenvalue weighted by Gasteiger charge is -2.29. The molecular formula is C19H15BO2. The summed E-state index contributed by atoms with van der Waals surface area (Å²) in [7, 11) is -0.204. The molecule has 0 spiro atoms. The first-order chi connectivity index (χ1) is 10.9. The Hall–Kier alpha value is -2.10. The fourth-order valence-corrected chi connectivity index (χ4v) is 3.73. The minimum atomic E-state index is -0.204. The summed E-state index contributed by atoms with van der Waals surface area (Å²) in [5.74, 6) is 0.213. The molecule has 3 heteroatoms. The van der Waals surface area contributed by atoms with Crippen molar-refractivity contribution in [2.75, 3.05) is 0 Å². The summed E-state index contributed by atoms with van der Waals surface area (Å²) in [6.45, 7) is 0. The van der Waals surface area contributed by atoms with Crippen molar-refractivity contribution in [1.29, 1.82) is 0 Å². The second kappa shape index (κ2) is 4.70. The number of hydrogen-bond donors (Lipinski definition) is 0. The average Bonchev–Trinajstić information content (AvgIpc) is 3.24. The van der Waals surface area contributed by atoms with Crippen LogP contribution in [-0.2, 0) is 9.31 Å². The van der Waals surface area contributed by atoms with E-state index in [9.17, 15) is 0 Å². The van der Waals surface area contributed by atoms with E-state index in [1.54, 1.807) is 0 Å². The Bertz CT molecular complexity index is 730. The van der Waals surface area contributed by atoms with E-state index in [2.05, 4.69) is 72.8 Å². The number of fused-ring (bicyclic) bond motifs is 6. The van der Waals surface area contributed by atoms with Crippen LogP contribution in [0, 0.1) is 0 Å². The second-order valence-electron chi connectivity index (χ2n) is 6.00. The van der Waals surface area contributed by atoms with Crippen LogP contribution in [0.15, 0.2) is 72.8 Å². The van der Waals surface area contributed by atoms with Crippen molar-refractivity contribution in [3.8, 4) is 11.1 Å². The molecule has 0 amide bonds. The molecule has 2 atom stereocenters. The lowest BCUT2D eigenvalue weighted by atomic mass is 9.73. The molecule has 0 aromatic heterocycles. The topological polar surface area (TPSA) is 18.5 Å². The molecule has 3 aliphatic rings. The highest BCUT2D eigenvalue weighted by molar-refractivity contribution is 6.48. The Labute approximate surface area is 130 Å². The summed E-state index contributed by atoms with van der Waals surface area (Å²) >= 11 is 0. The molecule has 1 heterocycles. The van der Waals surface area contributed by atoms with Crippen molar-refractivity contribution >= 4 is 7.12 Å². The Kier molecular flexibility index (Phi) is 2.66. The molecule has 2 nitrogen and oxygen atoms in total. The van der Waals surface area contributed by atoms with Crippen LogP contribution in [0.3, 0.4) is 0 Å². The minimum absolute atomic E-state index is 0.0153. The van der Waals surface area contributed by atoms with E-state index in [1.807, 2.05) is 0 Å². The van der Waals surface area contributed by atoms with E-state index in [4.69, 9.17) is 9.31 Å². The highest BCUT2D eigenvalue weighted by Gasteiger charge is 2.47. The molecule has 106 valence electrons. The van der Waals surface area contributed by atoms with Crippen molar-refractivity contribution in [3.63, 3.8) is 0 Å². The third kappa shape index (κ3) is 1.70. The average molecular weight is 286 g/mol. The SMILES string of the molecule is C1=CC(B2O[C@@H]3c4ccccc4-c4ccccc4[C@@H]3O2)C=C1. The summed E-state index contributed by atoms with van der Waals surface area (Å²) in [6, 6.07) is 17.0. The summed E-state index contributed by atoms with van der Waals surface area (Å²) in [5.41, 5.74) is 5.00. The van der Waals surface area contributed by atoms with Crippen LogP contribution >= 0.6 is 0 Å². The zero-order chi connectivity index (χ0) is 14.5. The lowest BCUT2D eigenvalue weighted by Crippen LogP contribution is -2.19. The number of rotatable bonds is 1. The quantitative estimate of drug-likeness (QED) is 0.719. The first kappa shape index (κ1) is 12.4. The standard InChI is InChI=1S/C19H15BO2/c1-2-8-13(7-1)20-21-18-16-11-5-3-9-14(16)15-10-4-6-12-17(15)19(18)22-20/h1-13,18-19H/t18-,19+. The van der Waals surface area contributed by atoms with E-state index in [1.165, 1.54) is 22.3 Å². The molecule has 0 radical (unpaired) electrons. The Morgan fingerprint density at radius 3 is 1.73 bits per heavy atom. The maximum atomic E-state index is 6.31. The molecule has 2 aromatic rings. The second-order valence-corrected chi connectivity index (χ2v) is 6.00. The highest BCUT2D eigenvalue weighted by atomic mass is 16.7. The van der Waals surface area contributed by atoms with Crippen LogP contribution in [0.2, 0.25) is 5.82 Å². The maximum Gasteiger partial charge on any atom is 0.469 e. The maximum absolute atomic E-state index is 6.31. The molecule has 5 rings (SSSR count). The van der Waals surface area contributed by atoms with Gasteiger partial charge in [0.2, 0.25) is 0 Å². The van der Waals surface area contributed by atoms with Crippen LogP contribution in [0.1, 0.15) is 23.3 Å². The molecule has 2 aliphatic carbocycles. The van der Waals surface area contributed by atoms with Gasteiger partial charge in [0.1, 0.15) is 0 Å². The molecular weight excluding hydrogens is 271 g/mol. The van der Waals surface area contributed by atoms with E-state index in [-0.39, 0.29) is 25.1 Å². The van der Waals surface area contributed by atoms with Crippen molar-refractivity contribution in [2.45, 2.75) is 18.0 Å². The molecule has 1 saturated heterocycles. The van der Waals surface area contributed by atoms with Gasteiger partial charge in [-0.15, -0.1) is 0 Å². The predicted molar refractivity (Wildman–Crippen MR) is 87.3 cm³/mol. The van der Waals surface area contributed by atoms with Gasteiger partial charge < -0.3 is 9.31 Å².